The van der Waals surface area contributed by atoms with E-state index >= 15 is 0 Å². The van der Waals surface area contributed by atoms with Gasteiger partial charge in [0.2, 0.25) is 5.91 Å². The van der Waals surface area contributed by atoms with E-state index in [1.165, 1.54) is 18.0 Å². The van der Waals surface area contributed by atoms with Gasteiger partial charge in [0.15, 0.2) is 4.34 Å². The van der Waals surface area contributed by atoms with Crippen molar-refractivity contribution >= 4 is 56.6 Å². The molecule has 0 saturated heterocycles. The summed E-state index contributed by atoms with van der Waals surface area (Å²) in [5.74, 6) is 1.44. The van der Waals surface area contributed by atoms with E-state index in [0.717, 1.165) is 20.3 Å². The second kappa shape index (κ2) is 7.83. The van der Waals surface area contributed by atoms with Crippen molar-refractivity contribution in [1.29, 1.82) is 0 Å². The molecule has 3 aromatic rings. The Hall–Kier alpha value is -1.83. The first-order valence-electron chi connectivity index (χ1n) is 7.21. The van der Waals surface area contributed by atoms with E-state index in [2.05, 4.69) is 15.3 Å². The molecule has 2 heterocycles. The van der Waals surface area contributed by atoms with Gasteiger partial charge in [0, 0.05) is 6.20 Å². The first kappa shape index (κ1) is 17.0. The summed E-state index contributed by atoms with van der Waals surface area (Å²) in [7, 11) is 0. The molecular formula is C16H14ClN3O2S2. The van der Waals surface area contributed by atoms with Gasteiger partial charge in [0.25, 0.3) is 0 Å². The Kier molecular flexibility index (Phi) is 5.55. The summed E-state index contributed by atoms with van der Waals surface area (Å²) < 4.78 is 7.38. The zero-order chi connectivity index (χ0) is 16.9. The van der Waals surface area contributed by atoms with Gasteiger partial charge in [-0.15, -0.1) is 11.3 Å². The van der Waals surface area contributed by atoms with Crippen LogP contribution in [-0.2, 0) is 4.79 Å². The minimum atomic E-state index is -0.135. The van der Waals surface area contributed by atoms with Gasteiger partial charge in [-0.25, -0.2) is 9.97 Å². The topological polar surface area (TPSA) is 64.1 Å². The highest BCUT2D eigenvalue weighted by Crippen LogP contribution is 2.31. The van der Waals surface area contributed by atoms with E-state index in [4.69, 9.17) is 16.3 Å². The molecule has 0 saturated carbocycles. The number of hydrogen-bond donors (Lipinski definition) is 1. The van der Waals surface area contributed by atoms with Crippen molar-refractivity contribution in [2.24, 2.45) is 0 Å². The molecule has 1 N–H and O–H groups in total. The van der Waals surface area contributed by atoms with Crippen molar-refractivity contribution in [3.05, 3.63) is 41.6 Å². The lowest BCUT2D eigenvalue weighted by atomic mass is 10.3. The van der Waals surface area contributed by atoms with Crippen LogP contribution in [0, 0.1) is 0 Å². The molecule has 0 aliphatic heterocycles. The summed E-state index contributed by atoms with van der Waals surface area (Å²) >= 11 is 8.71. The molecule has 0 atom stereocenters. The number of anilines is 1. The molecule has 0 unspecified atom stereocenters. The molecule has 0 bridgehead atoms. The number of halogens is 1. The largest absolute Gasteiger partial charge is 0.494 e. The minimum absolute atomic E-state index is 0.135. The summed E-state index contributed by atoms with van der Waals surface area (Å²) in [5, 5.41) is 3.26. The average molecular weight is 380 g/mol. The van der Waals surface area contributed by atoms with Gasteiger partial charge in [0.05, 0.1) is 27.6 Å². The fourth-order valence-corrected chi connectivity index (χ4v) is 3.97. The molecule has 0 aliphatic carbocycles. The third-order valence-corrected chi connectivity index (χ3v) is 5.36. The van der Waals surface area contributed by atoms with Gasteiger partial charge in [-0.2, -0.15) is 0 Å². The normalized spacial score (nSPS) is 10.8. The maximum Gasteiger partial charge on any atom is 0.235 e. The Balaban J connectivity index is 1.60. The first-order valence-corrected chi connectivity index (χ1v) is 9.39. The van der Waals surface area contributed by atoms with Gasteiger partial charge in [-0.05, 0) is 37.3 Å². The Bertz CT molecular complexity index is 852. The fraction of sp³-hybridized carbons (Fsp3) is 0.188. The SMILES string of the molecule is CCOc1ccc2nc(SCC(=O)Nc3ccc(Cl)cn3)sc2c1. The maximum absolute atomic E-state index is 12.0. The minimum Gasteiger partial charge on any atom is -0.494 e. The van der Waals surface area contributed by atoms with E-state index in [0.29, 0.717) is 17.4 Å². The lowest BCUT2D eigenvalue weighted by Crippen LogP contribution is -2.14. The van der Waals surface area contributed by atoms with E-state index in [1.807, 2.05) is 25.1 Å². The highest BCUT2D eigenvalue weighted by Gasteiger charge is 2.09. The number of hydrogen-bond acceptors (Lipinski definition) is 6. The van der Waals surface area contributed by atoms with E-state index in [9.17, 15) is 4.79 Å². The number of aromatic nitrogens is 2. The number of benzene rings is 1. The molecule has 124 valence electrons. The monoisotopic (exact) mass is 379 g/mol. The molecule has 0 aliphatic rings. The highest BCUT2D eigenvalue weighted by atomic mass is 35.5. The molecule has 1 aromatic carbocycles. The molecule has 1 amide bonds. The van der Waals surface area contributed by atoms with Crippen LogP contribution < -0.4 is 10.1 Å². The third-order valence-electron chi connectivity index (χ3n) is 2.97. The predicted octanol–water partition coefficient (Wildman–Crippen LogP) is 4.47. The molecule has 3 rings (SSSR count). The summed E-state index contributed by atoms with van der Waals surface area (Å²) in [6.07, 6.45) is 1.49. The number of carbonyl (C=O) groups excluding carboxylic acids is 1. The molecule has 8 heteroatoms. The van der Waals surface area contributed by atoms with E-state index < -0.39 is 0 Å². The van der Waals surface area contributed by atoms with Gasteiger partial charge >= 0.3 is 0 Å². The predicted molar refractivity (Wildman–Crippen MR) is 99.4 cm³/mol. The molecule has 24 heavy (non-hydrogen) atoms. The number of thioether (sulfide) groups is 1. The zero-order valence-corrected chi connectivity index (χ0v) is 15.2. The van der Waals surface area contributed by atoms with Gasteiger partial charge < -0.3 is 10.1 Å². The molecular weight excluding hydrogens is 366 g/mol. The number of rotatable bonds is 6. The zero-order valence-electron chi connectivity index (χ0n) is 12.8. The van der Waals surface area contributed by atoms with Crippen molar-refractivity contribution < 1.29 is 9.53 Å². The van der Waals surface area contributed by atoms with Crippen LogP contribution in [0.15, 0.2) is 40.9 Å². The third kappa shape index (κ3) is 4.37. The maximum atomic E-state index is 12.0. The van der Waals surface area contributed by atoms with Crippen LogP contribution in [0.25, 0.3) is 10.2 Å². The number of ether oxygens (including phenoxy) is 1. The number of amides is 1. The summed E-state index contributed by atoms with van der Waals surface area (Å²) in [4.78, 5) is 20.5. The average Bonchev–Trinajstić information content (AvgIpc) is 2.98. The van der Waals surface area contributed by atoms with Crippen molar-refractivity contribution in [3.63, 3.8) is 0 Å². The second-order valence-electron chi connectivity index (χ2n) is 4.74. The number of carbonyl (C=O) groups is 1. The van der Waals surface area contributed by atoms with Gasteiger partial charge in [-0.1, -0.05) is 23.4 Å². The van der Waals surface area contributed by atoms with Crippen LogP contribution >= 0.6 is 34.7 Å². The first-order chi connectivity index (χ1) is 11.6. The van der Waals surface area contributed by atoms with E-state index in [1.54, 1.807) is 23.5 Å². The van der Waals surface area contributed by atoms with Crippen LogP contribution in [0.2, 0.25) is 5.02 Å². The van der Waals surface area contributed by atoms with Crippen molar-refractivity contribution in [2.45, 2.75) is 11.3 Å². The van der Waals surface area contributed by atoms with Crippen LogP contribution in [0.1, 0.15) is 6.92 Å². The second-order valence-corrected chi connectivity index (χ2v) is 7.43. The fourth-order valence-electron chi connectivity index (χ4n) is 1.96. The van der Waals surface area contributed by atoms with Crippen molar-refractivity contribution in [1.82, 2.24) is 9.97 Å². The molecule has 2 aromatic heterocycles. The summed E-state index contributed by atoms with van der Waals surface area (Å²) in [5.41, 5.74) is 0.908. The van der Waals surface area contributed by atoms with Crippen LogP contribution in [0.4, 0.5) is 5.82 Å². The number of pyridine rings is 1. The number of fused-ring (bicyclic) bond motifs is 1. The lowest BCUT2D eigenvalue weighted by Gasteiger charge is -2.02. The Labute approximate surface area is 152 Å². The highest BCUT2D eigenvalue weighted by molar-refractivity contribution is 8.01. The van der Waals surface area contributed by atoms with Crippen LogP contribution in [0.3, 0.4) is 0 Å². The number of nitrogens with zero attached hydrogens (tertiary/aromatic N) is 2. The molecule has 0 radical (unpaired) electrons. The molecule has 0 spiro atoms. The molecule has 5 nitrogen and oxygen atoms in total. The molecule has 0 fully saturated rings. The van der Waals surface area contributed by atoms with Crippen LogP contribution in [0.5, 0.6) is 5.75 Å². The van der Waals surface area contributed by atoms with Gasteiger partial charge in [0.1, 0.15) is 11.6 Å². The quantitative estimate of drug-likeness (QED) is 0.640. The van der Waals surface area contributed by atoms with Crippen molar-refractivity contribution in [2.75, 3.05) is 17.7 Å². The Morgan fingerprint density at radius 3 is 3.00 bits per heavy atom. The smallest absolute Gasteiger partial charge is 0.235 e. The summed E-state index contributed by atoms with van der Waals surface area (Å²) in [6.45, 7) is 2.58. The van der Waals surface area contributed by atoms with Crippen molar-refractivity contribution in [3.8, 4) is 5.75 Å². The standard InChI is InChI=1S/C16H14ClN3O2S2/c1-2-22-11-4-5-12-13(7-11)24-16(19-12)23-9-15(21)20-14-6-3-10(17)8-18-14/h3-8H,2,9H2,1H3,(H,18,20,21). The Morgan fingerprint density at radius 2 is 2.25 bits per heavy atom. The van der Waals surface area contributed by atoms with E-state index in [-0.39, 0.29) is 11.7 Å². The number of thiazole rings is 1. The number of nitrogens with one attached hydrogen (secondary N) is 1. The Morgan fingerprint density at radius 1 is 1.38 bits per heavy atom. The summed E-state index contributed by atoms with van der Waals surface area (Å²) in [6, 6.07) is 9.15. The van der Waals surface area contributed by atoms with Gasteiger partial charge in [-0.3, -0.25) is 4.79 Å². The van der Waals surface area contributed by atoms with Crippen LogP contribution in [-0.4, -0.2) is 28.2 Å². The lowest BCUT2D eigenvalue weighted by molar-refractivity contribution is -0.113.